The van der Waals surface area contributed by atoms with Gasteiger partial charge in [0.25, 0.3) is 0 Å². The van der Waals surface area contributed by atoms with Crippen molar-refractivity contribution in [3.63, 3.8) is 0 Å². The summed E-state index contributed by atoms with van der Waals surface area (Å²) >= 11 is 0. The van der Waals surface area contributed by atoms with Crippen LogP contribution in [0.2, 0.25) is 0 Å². The normalized spacial score (nSPS) is 11.8. The van der Waals surface area contributed by atoms with Crippen LogP contribution < -0.4 is 4.90 Å². The van der Waals surface area contributed by atoms with E-state index >= 15 is 0 Å². The molecule has 14 aromatic rings. The number of hydrogen-bond donors (Lipinski definition) is 0. The molecule has 0 saturated carbocycles. The van der Waals surface area contributed by atoms with E-state index < -0.39 is 0 Å². The van der Waals surface area contributed by atoms with E-state index in [1.54, 1.807) is 0 Å². The highest BCUT2D eigenvalue weighted by Crippen LogP contribution is 2.46. The summed E-state index contributed by atoms with van der Waals surface area (Å²) in [6.45, 7) is 0. The van der Waals surface area contributed by atoms with Gasteiger partial charge in [-0.2, -0.15) is 0 Å². The summed E-state index contributed by atoms with van der Waals surface area (Å²) in [7, 11) is 0. The largest absolute Gasteiger partial charge is 0.455 e. The van der Waals surface area contributed by atoms with Crippen molar-refractivity contribution >= 4 is 93.1 Å². The summed E-state index contributed by atoms with van der Waals surface area (Å²) < 4.78 is 9.33. The molecule has 0 bridgehead atoms. The predicted molar refractivity (Wildman–Crippen MR) is 292 cm³/mol. The van der Waals surface area contributed by atoms with Gasteiger partial charge in [-0.15, -0.1) is 0 Å². The van der Waals surface area contributed by atoms with Crippen molar-refractivity contribution in [1.29, 1.82) is 0 Å². The monoisotopic (exact) mass is 878 g/mol. The molecule has 0 aliphatic heterocycles. The van der Waals surface area contributed by atoms with E-state index in [2.05, 4.69) is 264 Å². The van der Waals surface area contributed by atoms with Crippen LogP contribution in [0.5, 0.6) is 0 Å². The molecular weight excluding hydrogens is 837 g/mol. The van der Waals surface area contributed by atoms with E-state index in [1.807, 2.05) is 0 Å². The van der Waals surface area contributed by atoms with Crippen molar-refractivity contribution in [3.05, 3.63) is 255 Å². The van der Waals surface area contributed by atoms with Crippen molar-refractivity contribution in [2.45, 2.75) is 0 Å². The van der Waals surface area contributed by atoms with Gasteiger partial charge in [0, 0.05) is 55.1 Å². The van der Waals surface area contributed by atoms with Crippen LogP contribution in [0.25, 0.3) is 115 Å². The lowest BCUT2D eigenvalue weighted by Crippen LogP contribution is -2.11. The SMILES string of the molecule is c1cc(-c2ccc(N(c3ccc(-c4ccc5c(ccc6ccccc65)c4)cc3)c3ccccc3-c3cccc4c3oc3c5ccccc5ccc43)cc2)cc(-n2c3ccccc3c3ccccc32)c1. The van der Waals surface area contributed by atoms with Gasteiger partial charge in [-0.25, -0.2) is 0 Å². The zero-order valence-corrected chi connectivity index (χ0v) is 37.6. The lowest BCUT2D eigenvalue weighted by atomic mass is 9.97. The van der Waals surface area contributed by atoms with E-state index in [0.717, 1.165) is 72.3 Å². The molecule has 2 aromatic heterocycles. The van der Waals surface area contributed by atoms with Crippen LogP contribution in [0, 0.1) is 0 Å². The van der Waals surface area contributed by atoms with Gasteiger partial charge in [-0.05, 0) is 116 Å². The maximum atomic E-state index is 6.94. The van der Waals surface area contributed by atoms with Gasteiger partial charge >= 0.3 is 0 Å². The van der Waals surface area contributed by atoms with Crippen molar-refractivity contribution in [2.24, 2.45) is 0 Å². The fourth-order valence-electron chi connectivity index (χ4n) is 10.9. The Kier molecular flexibility index (Phi) is 8.90. The first-order valence-corrected chi connectivity index (χ1v) is 23.7. The molecule has 0 aliphatic carbocycles. The number of nitrogens with zero attached hydrogens (tertiary/aromatic N) is 2. The third-order valence-electron chi connectivity index (χ3n) is 14.2. The molecule has 12 aromatic carbocycles. The van der Waals surface area contributed by atoms with Crippen LogP contribution in [0.15, 0.2) is 259 Å². The summed E-state index contributed by atoms with van der Waals surface area (Å²) in [5.74, 6) is 0. The van der Waals surface area contributed by atoms with Crippen molar-refractivity contribution in [2.75, 3.05) is 4.90 Å². The Bertz CT molecular complexity index is 4260. The Morgan fingerprint density at radius 1 is 0.290 bits per heavy atom. The lowest BCUT2D eigenvalue weighted by Gasteiger charge is -2.28. The maximum Gasteiger partial charge on any atom is 0.143 e. The third kappa shape index (κ3) is 6.36. The highest BCUT2D eigenvalue weighted by atomic mass is 16.3. The molecule has 0 amide bonds. The summed E-state index contributed by atoms with van der Waals surface area (Å²) in [6, 6.07) is 92.4. The molecule has 0 spiro atoms. The van der Waals surface area contributed by atoms with E-state index in [1.165, 1.54) is 59.9 Å². The zero-order chi connectivity index (χ0) is 45.4. The van der Waals surface area contributed by atoms with Gasteiger partial charge in [0.05, 0.1) is 16.7 Å². The molecule has 2 heterocycles. The van der Waals surface area contributed by atoms with Crippen molar-refractivity contribution < 1.29 is 4.42 Å². The molecule has 0 N–H and O–H groups in total. The molecule has 3 heteroatoms. The van der Waals surface area contributed by atoms with Crippen LogP contribution >= 0.6 is 0 Å². The molecule has 0 aliphatic rings. The molecule has 0 atom stereocenters. The maximum absolute atomic E-state index is 6.94. The quantitative estimate of drug-likeness (QED) is 0.149. The zero-order valence-electron chi connectivity index (χ0n) is 37.6. The van der Waals surface area contributed by atoms with E-state index in [-0.39, 0.29) is 0 Å². The average Bonchev–Trinajstić information content (AvgIpc) is 3.98. The molecule has 322 valence electrons. The smallest absolute Gasteiger partial charge is 0.143 e. The van der Waals surface area contributed by atoms with E-state index in [0.29, 0.717) is 0 Å². The fraction of sp³-hybridized carbons (Fsp3) is 0. The highest BCUT2D eigenvalue weighted by molar-refractivity contribution is 6.18. The number of furan rings is 1. The van der Waals surface area contributed by atoms with Gasteiger partial charge < -0.3 is 13.9 Å². The van der Waals surface area contributed by atoms with Crippen molar-refractivity contribution in [1.82, 2.24) is 4.57 Å². The summed E-state index contributed by atoms with van der Waals surface area (Å²) in [6.07, 6.45) is 0. The second-order valence-electron chi connectivity index (χ2n) is 18.0. The minimum Gasteiger partial charge on any atom is -0.455 e. The van der Waals surface area contributed by atoms with E-state index in [9.17, 15) is 0 Å². The lowest BCUT2D eigenvalue weighted by molar-refractivity contribution is 0.674. The molecule has 0 unspecified atom stereocenters. The molecular formula is C66H42N2O. The molecule has 14 rings (SSSR count). The minimum atomic E-state index is 0.883. The standard InChI is InChI=1S/C66H42N2O/c1-3-17-53-45(13-1)27-28-49-41-48(34-39-54(49)53)44-31-37-51(38-32-44)67(62-24-8-7-21-58(62)59-22-12-23-60-61-40-33-46-14-2-4-18-55(46)65(61)69-66(59)60)50-35-29-43(30-36-50)47-15-11-16-52(42-47)68-63-25-9-5-19-56(63)57-20-6-10-26-64(57)68/h1-42H. The van der Waals surface area contributed by atoms with Crippen LogP contribution in [-0.4, -0.2) is 4.57 Å². The number of anilines is 3. The Labute approximate surface area is 399 Å². The molecule has 0 radical (unpaired) electrons. The first kappa shape index (κ1) is 39.0. The van der Waals surface area contributed by atoms with Crippen LogP contribution in [-0.2, 0) is 0 Å². The predicted octanol–water partition coefficient (Wildman–Crippen LogP) is 18.6. The van der Waals surface area contributed by atoms with Gasteiger partial charge in [-0.3, -0.25) is 0 Å². The van der Waals surface area contributed by atoms with Crippen LogP contribution in [0.4, 0.5) is 17.1 Å². The number of benzene rings is 12. The van der Waals surface area contributed by atoms with Crippen molar-refractivity contribution in [3.8, 4) is 39.1 Å². The van der Waals surface area contributed by atoms with E-state index in [4.69, 9.17) is 4.42 Å². The molecule has 3 nitrogen and oxygen atoms in total. The second-order valence-corrected chi connectivity index (χ2v) is 18.0. The first-order valence-electron chi connectivity index (χ1n) is 23.7. The average molecular weight is 879 g/mol. The molecule has 69 heavy (non-hydrogen) atoms. The summed E-state index contributed by atoms with van der Waals surface area (Å²) in [5, 5.41) is 12.1. The first-order chi connectivity index (χ1) is 34.2. The molecule has 0 fully saturated rings. The number of aromatic nitrogens is 1. The number of rotatable bonds is 7. The number of para-hydroxylation sites is 4. The third-order valence-corrected chi connectivity index (χ3v) is 14.2. The Morgan fingerprint density at radius 2 is 0.783 bits per heavy atom. The number of fused-ring (bicyclic) bond motifs is 11. The highest BCUT2D eigenvalue weighted by Gasteiger charge is 2.22. The number of hydrogen-bond acceptors (Lipinski definition) is 2. The Hall–Kier alpha value is -9.18. The Morgan fingerprint density at radius 3 is 1.52 bits per heavy atom. The van der Waals surface area contributed by atoms with Gasteiger partial charge in [0.15, 0.2) is 0 Å². The van der Waals surface area contributed by atoms with Gasteiger partial charge in [0.1, 0.15) is 11.2 Å². The van der Waals surface area contributed by atoms with Crippen LogP contribution in [0.3, 0.4) is 0 Å². The Balaban J connectivity index is 0.897. The minimum absolute atomic E-state index is 0.883. The summed E-state index contributed by atoms with van der Waals surface area (Å²) in [5.41, 5.74) is 15.3. The molecule has 0 saturated heterocycles. The fourth-order valence-corrected chi connectivity index (χ4v) is 10.9. The van der Waals surface area contributed by atoms with Crippen LogP contribution in [0.1, 0.15) is 0 Å². The topological polar surface area (TPSA) is 21.3 Å². The van der Waals surface area contributed by atoms with Gasteiger partial charge in [-0.1, -0.05) is 188 Å². The van der Waals surface area contributed by atoms with Gasteiger partial charge in [0.2, 0.25) is 0 Å². The summed E-state index contributed by atoms with van der Waals surface area (Å²) in [4.78, 5) is 2.39. The second kappa shape index (κ2) is 15.7.